The summed E-state index contributed by atoms with van der Waals surface area (Å²) in [5, 5.41) is 3.44. The molecule has 0 heterocycles. The van der Waals surface area contributed by atoms with Crippen molar-refractivity contribution in [3.8, 4) is 0 Å². The summed E-state index contributed by atoms with van der Waals surface area (Å²) in [6, 6.07) is 8.66. The van der Waals surface area contributed by atoms with Crippen molar-refractivity contribution in [2.45, 2.75) is 32.7 Å². The van der Waals surface area contributed by atoms with Gasteiger partial charge in [0, 0.05) is 12.6 Å². The Morgan fingerprint density at radius 1 is 1.30 bits per heavy atom. The standard InChI is InChI=1S/C15H24N2O2S/c1-15(2)9-8-12-6-4-5-7-13(12)14(15)17-10-11-20(18,19)16-3/h4-7,14,16-17H,8-11H2,1-3H3. The molecule has 1 aliphatic rings. The van der Waals surface area contributed by atoms with E-state index in [9.17, 15) is 8.42 Å². The topological polar surface area (TPSA) is 58.2 Å². The zero-order chi connectivity index (χ0) is 14.8. The first kappa shape index (κ1) is 15.5. The highest BCUT2D eigenvalue weighted by atomic mass is 32.2. The molecule has 112 valence electrons. The van der Waals surface area contributed by atoms with Crippen molar-refractivity contribution in [1.29, 1.82) is 0 Å². The molecule has 1 aromatic carbocycles. The number of aryl methyl sites for hydroxylation is 1. The van der Waals surface area contributed by atoms with E-state index in [2.05, 4.69) is 48.2 Å². The zero-order valence-corrected chi connectivity index (χ0v) is 13.3. The SMILES string of the molecule is CNS(=O)(=O)CCNC1c2ccccc2CCC1(C)C. The largest absolute Gasteiger partial charge is 0.308 e. The lowest BCUT2D eigenvalue weighted by Gasteiger charge is -2.40. The Morgan fingerprint density at radius 2 is 2.00 bits per heavy atom. The van der Waals surface area contributed by atoms with Gasteiger partial charge in [0.15, 0.2) is 0 Å². The van der Waals surface area contributed by atoms with E-state index in [1.807, 2.05) is 0 Å². The van der Waals surface area contributed by atoms with Gasteiger partial charge in [0.2, 0.25) is 10.0 Å². The lowest BCUT2D eigenvalue weighted by molar-refractivity contribution is 0.212. The van der Waals surface area contributed by atoms with Crippen LogP contribution >= 0.6 is 0 Å². The Morgan fingerprint density at radius 3 is 2.70 bits per heavy atom. The molecule has 0 bridgehead atoms. The Kier molecular flexibility index (Phi) is 4.52. The second-order valence-electron chi connectivity index (χ2n) is 6.10. The minimum absolute atomic E-state index is 0.109. The average molecular weight is 296 g/mol. The third-order valence-electron chi connectivity index (χ3n) is 4.22. The minimum atomic E-state index is -3.15. The molecular weight excluding hydrogens is 272 g/mol. The number of nitrogens with one attached hydrogen (secondary N) is 2. The number of hydrogen-bond donors (Lipinski definition) is 2. The third kappa shape index (κ3) is 3.40. The second kappa shape index (κ2) is 5.84. The van der Waals surface area contributed by atoms with Gasteiger partial charge in [-0.25, -0.2) is 13.1 Å². The van der Waals surface area contributed by atoms with Crippen molar-refractivity contribution in [2.75, 3.05) is 19.3 Å². The van der Waals surface area contributed by atoms with Crippen LogP contribution in [0.25, 0.3) is 0 Å². The summed E-state index contributed by atoms with van der Waals surface area (Å²) >= 11 is 0. The summed E-state index contributed by atoms with van der Waals surface area (Å²) in [5.41, 5.74) is 2.82. The number of hydrogen-bond acceptors (Lipinski definition) is 3. The Labute approximate surface area is 122 Å². The van der Waals surface area contributed by atoms with Crippen LogP contribution < -0.4 is 10.0 Å². The van der Waals surface area contributed by atoms with Crippen LogP contribution in [0.15, 0.2) is 24.3 Å². The van der Waals surface area contributed by atoms with E-state index in [1.165, 1.54) is 18.2 Å². The quantitative estimate of drug-likeness (QED) is 0.871. The fourth-order valence-electron chi connectivity index (χ4n) is 2.89. The Hall–Kier alpha value is -0.910. The van der Waals surface area contributed by atoms with Crippen molar-refractivity contribution in [3.63, 3.8) is 0 Å². The van der Waals surface area contributed by atoms with E-state index < -0.39 is 10.0 Å². The molecule has 0 saturated heterocycles. The molecule has 1 unspecified atom stereocenters. The molecule has 2 rings (SSSR count). The molecule has 0 saturated carbocycles. The summed E-state index contributed by atoms with van der Waals surface area (Å²) in [6.45, 7) is 4.95. The van der Waals surface area contributed by atoms with Crippen molar-refractivity contribution < 1.29 is 8.42 Å². The van der Waals surface area contributed by atoms with Gasteiger partial charge >= 0.3 is 0 Å². The molecule has 0 spiro atoms. The molecule has 0 amide bonds. The smallest absolute Gasteiger partial charge is 0.212 e. The first-order chi connectivity index (χ1) is 9.36. The van der Waals surface area contributed by atoms with Crippen molar-refractivity contribution in [3.05, 3.63) is 35.4 Å². The minimum Gasteiger partial charge on any atom is -0.308 e. The van der Waals surface area contributed by atoms with Crippen LogP contribution in [0.5, 0.6) is 0 Å². The summed E-state index contributed by atoms with van der Waals surface area (Å²) in [6.07, 6.45) is 2.20. The predicted molar refractivity (Wildman–Crippen MR) is 82.1 cm³/mol. The van der Waals surface area contributed by atoms with Crippen molar-refractivity contribution >= 4 is 10.0 Å². The number of benzene rings is 1. The van der Waals surface area contributed by atoms with Crippen LogP contribution in [0.3, 0.4) is 0 Å². The molecule has 5 heteroatoms. The average Bonchev–Trinajstić information content (AvgIpc) is 2.41. The van der Waals surface area contributed by atoms with Gasteiger partial charge in [-0.15, -0.1) is 0 Å². The molecule has 1 atom stereocenters. The van der Waals surface area contributed by atoms with Crippen molar-refractivity contribution in [1.82, 2.24) is 10.0 Å². The fraction of sp³-hybridized carbons (Fsp3) is 0.600. The number of sulfonamides is 1. The summed E-state index contributed by atoms with van der Waals surface area (Å²) in [4.78, 5) is 0. The monoisotopic (exact) mass is 296 g/mol. The number of fused-ring (bicyclic) bond motifs is 1. The molecular formula is C15H24N2O2S. The molecule has 2 N–H and O–H groups in total. The first-order valence-corrected chi connectivity index (χ1v) is 8.73. The molecule has 0 fully saturated rings. The Balaban J connectivity index is 2.12. The summed E-state index contributed by atoms with van der Waals surface area (Å²) in [7, 11) is -1.69. The van der Waals surface area contributed by atoms with Crippen LogP contribution in [0.2, 0.25) is 0 Å². The fourth-order valence-corrected chi connectivity index (χ4v) is 3.48. The van der Waals surface area contributed by atoms with E-state index in [-0.39, 0.29) is 17.2 Å². The summed E-state index contributed by atoms with van der Waals surface area (Å²) < 4.78 is 25.3. The maximum Gasteiger partial charge on any atom is 0.212 e. The van der Waals surface area contributed by atoms with Gasteiger partial charge in [-0.3, -0.25) is 0 Å². The van der Waals surface area contributed by atoms with Crippen LogP contribution in [-0.4, -0.2) is 27.8 Å². The van der Waals surface area contributed by atoms with Gasteiger partial charge in [-0.05, 0) is 36.4 Å². The van der Waals surface area contributed by atoms with E-state index in [1.54, 1.807) is 0 Å². The second-order valence-corrected chi connectivity index (χ2v) is 8.14. The molecule has 4 nitrogen and oxygen atoms in total. The van der Waals surface area contributed by atoms with Gasteiger partial charge in [-0.2, -0.15) is 0 Å². The molecule has 0 aromatic heterocycles. The molecule has 1 aromatic rings. The highest BCUT2D eigenvalue weighted by molar-refractivity contribution is 7.89. The summed E-state index contributed by atoms with van der Waals surface area (Å²) in [5.74, 6) is 0.109. The lowest BCUT2D eigenvalue weighted by atomic mass is 9.70. The predicted octanol–water partition coefficient (Wildman–Crippen LogP) is 1.84. The van der Waals surface area contributed by atoms with E-state index >= 15 is 0 Å². The molecule has 0 aliphatic heterocycles. The van der Waals surface area contributed by atoms with Gasteiger partial charge in [-0.1, -0.05) is 38.1 Å². The highest BCUT2D eigenvalue weighted by Crippen LogP contribution is 2.43. The van der Waals surface area contributed by atoms with Gasteiger partial charge in [0.1, 0.15) is 0 Å². The molecule has 0 radical (unpaired) electrons. The van der Waals surface area contributed by atoms with E-state index in [0.717, 1.165) is 12.8 Å². The maximum absolute atomic E-state index is 11.5. The van der Waals surface area contributed by atoms with Gasteiger partial charge in [0.05, 0.1) is 5.75 Å². The number of rotatable bonds is 5. The zero-order valence-electron chi connectivity index (χ0n) is 12.4. The van der Waals surface area contributed by atoms with Gasteiger partial charge in [0.25, 0.3) is 0 Å². The normalized spacial score (nSPS) is 21.4. The molecule has 1 aliphatic carbocycles. The van der Waals surface area contributed by atoms with Crippen LogP contribution in [0.4, 0.5) is 0 Å². The van der Waals surface area contributed by atoms with E-state index in [0.29, 0.717) is 6.54 Å². The third-order valence-corrected chi connectivity index (χ3v) is 5.58. The molecule has 20 heavy (non-hydrogen) atoms. The first-order valence-electron chi connectivity index (χ1n) is 7.08. The lowest BCUT2D eigenvalue weighted by Crippen LogP contribution is -2.40. The van der Waals surface area contributed by atoms with E-state index in [4.69, 9.17) is 0 Å². The maximum atomic E-state index is 11.5. The highest BCUT2D eigenvalue weighted by Gasteiger charge is 2.35. The van der Waals surface area contributed by atoms with Gasteiger partial charge < -0.3 is 5.32 Å². The van der Waals surface area contributed by atoms with Crippen LogP contribution in [0.1, 0.15) is 37.4 Å². The van der Waals surface area contributed by atoms with Crippen molar-refractivity contribution in [2.24, 2.45) is 5.41 Å². The van der Waals surface area contributed by atoms with Crippen LogP contribution in [0, 0.1) is 5.41 Å². The Bertz CT molecular complexity index is 567. The van der Waals surface area contributed by atoms with Crippen LogP contribution in [-0.2, 0) is 16.4 Å².